The lowest BCUT2D eigenvalue weighted by atomic mass is 9.99. The molecule has 4 nitrogen and oxygen atoms in total. The number of hydrogen-bond acceptors (Lipinski definition) is 4. The van der Waals surface area contributed by atoms with Gasteiger partial charge in [0.15, 0.2) is 0 Å². The Balaban J connectivity index is 2.49. The highest BCUT2D eigenvalue weighted by Gasteiger charge is 2.32. The van der Waals surface area contributed by atoms with Gasteiger partial charge in [-0.05, 0) is 12.3 Å². The highest BCUT2D eigenvalue weighted by molar-refractivity contribution is 7.85. The maximum Gasteiger partial charge on any atom is 0.264 e. The molecule has 1 rings (SSSR count). The van der Waals surface area contributed by atoms with E-state index in [1.165, 1.54) is 0 Å². The molecule has 1 aliphatic carbocycles. The van der Waals surface area contributed by atoms with Crippen LogP contribution in [0, 0.1) is 11.8 Å². The van der Waals surface area contributed by atoms with Crippen molar-refractivity contribution in [3.05, 3.63) is 0 Å². The predicted octanol–water partition coefficient (Wildman–Crippen LogP) is 0.578. The zero-order chi connectivity index (χ0) is 10.1. The van der Waals surface area contributed by atoms with Crippen molar-refractivity contribution >= 4 is 15.9 Å². The number of hydrogen-bond donors (Lipinski definition) is 0. The van der Waals surface area contributed by atoms with Crippen LogP contribution in [0.5, 0.6) is 0 Å². The summed E-state index contributed by atoms with van der Waals surface area (Å²) in [6.45, 7) is 1.96. The van der Waals surface area contributed by atoms with Gasteiger partial charge in [0.2, 0.25) is 0 Å². The summed E-state index contributed by atoms with van der Waals surface area (Å²) in [4.78, 5) is 11.2. The largest absolute Gasteiger partial charge is 0.299 e. The van der Waals surface area contributed by atoms with E-state index >= 15 is 0 Å². The Morgan fingerprint density at radius 3 is 2.54 bits per heavy atom. The average molecular weight is 206 g/mol. The van der Waals surface area contributed by atoms with Gasteiger partial charge < -0.3 is 0 Å². The van der Waals surface area contributed by atoms with Gasteiger partial charge in [-0.1, -0.05) is 6.92 Å². The normalized spacial score (nSPS) is 29.5. The van der Waals surface area contributed by atoms with Crippen molar-refractivity contribution in [3.8, 4) is 0 Å². The van der Waals surface area contributed by atoms with Crippen LogP contribution in [0.4, 0.5) is 0 Å². The molecule has 13 heavy (non-hydrogen) atoms. The second-order valence-corrected chi connectivity index (χ2v) is 5.22. The third-order valence-electron chi connectivity index (χ3n) is 2.41. The van der Waals surface area contributed by atoms with Crippen LogP contribution in [-0.4, -0.2) is 27.1 Å². The van der Waals surface area contributed by atoms with E-state index in [4.69, 9.17) is 0 Å². The van der Waals surface area contributed by atoms with Crippen molar-refractivity contribution in [1.29, 1.82) is 0 Å². The zero-order valence-corrected chi connectivity index (χ0v) is 8.63. The SMILES string of the molecule is CC1CCC(=O)C1COS(C)(=O)=O. The van der Waals surface area contributed by atoms with Gasteiger partial charge in [-0.2, -0.15) is 8.42 Å². The Bertz CT molecular complexity index is 293. The molecule has 0 amide bonds. The van der Waals surface area contributed by atoms with Crippen LogP contribution < -0.4 is 0 Å². The molecule has 0 spiro atoms. The van der Waals surface area contributed by atoms with Crippen molar-refractivity contribution in [1.82, 2.24) is 0 Å². The van der Waals surface area contributed by atoms with E-state index in [2.05, 4.69) is 4.18 Å². The minimum Gasteiger partial charge on any atom is -0.299 e. The molecular formula is C8H14O4S. The summed E-state index contributed by atoms with van der Waals surface area (Å²) in [6.07, 6.45) is 2.40. The van der Waals surface area contributed by atoms with Gasteiger partial charge in [0.1, 0.15) is 5.78 Å². The van der Waals surface area contributed by atoms with Crippen LogP contribution in [0.15, 0.2) is 0 Å². The second kappa shape index (κ2) is 3.75. The van der Waals surface area contributed by atoms with Gasteiger partial charge in [0.05, 0.1) is 12.9 Å². The molecule has 0 bridgehead atoms. The maximum absolute atomic E-state index is 11.2. The van der Waals surface area contributed by atoms with Crippen molar-refractivity contribution in [2.45, 2.75) is 19.8 Å². The number of rotatable bonds is 3. The highest BCUT2D eigenvalue weighted by Crippen LogP contribution is 2.28. The molecule has 0 aromatic rings. The van der Waals surface area contributed by atoms with Gasteiger partial charge in [-0.25, -0.2) is 0 Å². The molecule has 0 aliphatic heterocycles. The smallest absolute Gasteiger partial charge is 0.264 e. The molecule has 0 radical (unpaired) electrons. The van der Waals surface area contributed by atoms with Crippen LogP contribution in [0.25, 0.3) is 0 Å². The van der Waals surface area contributed by atoms with Crippen LogP contribution in [0.3, 0.4) is 0 Å². The zero-order valence-electron chi connectivity index (χ0n) is 7.82. The van der Waals surface area contributed by atoms with Crippen LogP contribution in [0.1, 0.15) is 19.8 Å². The Labute approximate surface area is 78.4 Å². The van der Waals surface area contributed by atoms with Gasteiger partial charge in [-0.15, -0.1) is 0 Å². The summed E-state index contributed by atoms with van der Waals surface area (Å²) < 4.78 is 25.9. The Morgan fingerprint density at radius 1 is 1.54 bits per heavy atom. The summed E-state index contributed by atoms with van der Waals surface area (Å²) >= 11 is 0. The molecule has 0 N–H and O–H groups in total. The minimum absolute atomic E-state index is 0.0127. The monoisotopic (exact) mass is 206 g/mol. The van der Waals surface area contributed by atoms with Gasteiger partial charge in [0, 0.05) is 12.3 Å². The average Bonchev–Trinajstić information content (AvgIpc) is 2.27. The van der Waals surface area contributed by atoms with E-state index in [1.807, 2.05) is 6.92 Å². The first-order valence-corrected chi connectivity index (χ1v) is 6.09. The van der Waals surface area contributed by atoms with Gasteiger partial charge >= 0.3 is 0 Å². The first kappa shape index (κ1) is 10.7. The fraction of sp³-hybridized carbons (Fsp3) is 0.875. The maximum atomic E-state index is 11.2. The number of Topliss-reactive ketones (excluding diaryl/α,β-unsaturated/α-hetero) is 1. The molecule has 1 aliphatic rings. The summed E-state index contributed by atoms with van der Waals surface area (Å²) in [5, 5.41) is 0. The first-order chi connectivity index (χ1) is 5.90. The van der Waals surface area contributed by atoms with Crippen LogP contribution in [0.2, 0.25) is 0 Å². The molecule has 0 aromatic carbocycles. The number of carbonyl (C=O) groups is 1. The van der Waals surface area contributed by atoms with Crippen molar-refractivity contribution < 1.29 is 17.4 Å². The van der Waals surface area contributed by atoms with E-state index < -0.39 is 10.1 Å². The van der Waals surface area contributed by atoms with Crippen LogP contribution >= 0.6 is 0 Å². The van der Waals surface area contributed by atoms with Gasteiger partial charge in [-0.3, -0.25) is 8.98 Å². The fourth-order valence-electron chi connectivity index (χ4n) is 1.53. The molecule has 0 heterocycles. The fourth-order valence-corrected chi connectivity index (χ4v) is 1.92. The van der Waals surface area contributed by atoms with Crippen molar-refractivity contribution in [2.75, 3.05) is 12.9 Å². The molecule has 1 fully saturated rings. The van der Waals surface area contributed by atoms with E-state index in [1.54, 1.807) is 0 Å². The number of carbonyl (C=O) groups excluding carboxylic acids is 1. The topological polar surface area (TPSA) is 60.4 Å². The molecule has 76 valence electrons. The Kier molecular flexibility index (Phi) is 3.08. The third kappa shape index (κ3) is 3.08. The Hall–Kier alpha value is -0.420. The molecular weight excluding hydrogens is 192 g/mol. The standard InChI is InChI=1S/C8H14O4S/c1-6-3-4-8(9)7(6)5-12-13(2,10)11/h6-7H,3-5H2,1-2H3. The van der Waals surface area contributed by atoms with E-state index in [0.29, 0.717) is 6.42 Å². The van der Waals surface area contributed by atoms with E-state index in [9.17, 15) is 13.2 Å². The summed E-state index contributed by atoms with van der Waals surface area (Å²) in [5.41, 5.74) is 0. The summed E-state index contributed by atoms with van der Waals surface area (Å²) in [7, 11) is -3.41. The second-order valence-electron chi connectivity index (χ2n) is 3.58. The molecule has 2 unspecified atom stereocenters. The summed E-state index contributed by atoms with van der Waals surface area (Å²) in [6, 6.07) is 0. The van der Waals surface area contributed by atoms with Gasteiger partial charge in [0.25, 0.3) is 10.1 Å². The summed E-state index contributed by atoms with van der Waals surface area (Å²) in [5.74, 6) is 0.139. The van der Waals surface area contributed by atoms with Crippen LogP contribution in [-0.2, 0) is 19.1 Å². The quantitative estimate of drug-likeness (QED) is 0.634. The predicted molar refractivity (Wildman–Crippen MR) is 47.7 cm³/mol. The Morgan fingerprint density at radius 2 is 2.15 bits per heavy atom. The molecule has 0 aromatic heterocycles. The minimum atomic E-state index is -3.41. The third-order valence-corrected chi connectivity index (χ3v) is 2.97. The molecule has 0 saturated heterocycles. The highest BCUT2D eigenvalue weighted by atomic mass is 32.2. The molecule has 1 saturated carbocycles. The molecule has 5 heteroatoms. The van der Waals surface area contributed by atoms with E-state index in [0.717, 1.165) is 12.7 Å². The number of ketones is 1. The lowest BCUT2D eigenvalue weighted by Crippen LogP contribution is -2.21. The lowest BCUT2D eigenvalue weighted by molar-refractivity contribution is -0.121. The molecule has 2 atom stereocenters. The van der Waals surface area contributed by atoms with E-state index in [-0.39, 0.29) is 24.2 Å². The van der Waals surface area contributed by atoms with Crippen molar-refractivity contribution in [2.24, 2.45) is 11.8 Å². The first-order valence-electron chi connectivity index (χ1n) is 4.27. The lowest BCUT2D eigenvalue weighted by Gasteiger charge is -2.12. The van der Waals surface area contributed by atoms with Crippen molar-refractivity contribution in [3.63, 3.8) is 0 Å².